The zero-order valence-electron chi connectivity index (χ0n) is 10.5. The maximum absolute atomic E-state index is 5.57. The zero-order valence-corrected chi connectivity index (χ0v) is 10.5. The molecule has 2 rings (SSSR count). The molecule has 2 fully saturated rings. The molecule has 2 aliphatic carbocycles. The molecule has 1 N–H and O–H groups in total. The Hall–Kier alpha value is -0.340. The third-order valence-corrected chi connectivity index (χ3v) is 3.56. The molecule has 0 aliphatic heterocycles. The van der Waals surface area contributed by atoms with Gasteiger partial charge in [-0.15, -0.1) is 6.58 Å². The van der Waals surface area contributed by atoms with Gasteiger partial charge in [-0.3, -0.25) is 0 Å². The van der Waals surface area contributed by atoms with Crippen LogP contribution in [0.3, 0.4) is 0 Å². The van der Waals surface area contributed by atoms with Gasteiger partial charge in [0.05, 0.1) is 13.2 Å². The van der Waals surface area contributed by atoms with E-state index >= 15 is 0 Å². The average Bonchev–Trinajstić information content (AvgIpc) is 3.10. The Morgan fingerprint density at radius 2 is 1.88 bits per heavy atom. The average molecular weight is 223 g/mol. The van der Waals surface area contributed by atoms with E-state index in [0.29, 0.717) is 0 Å². The molecule has 0 aromatic heterocycles. The summed E-state index contributed by atoms with van der Waals surface area (Å²) in [4.78, 5) is 0. The molecule has 0 radical (unpaired) electrons. The van der Waals surface area contributed by atoms with Crippen molar-refractivity contribution in [1.29, 1.82) is 0 Å². The summed E-state index contributed by atoms with van der Waals surface area (Å²) in [6, 6.07) is 0.810. The lowest BCUT2D eigenvalue weighted by Crippen LogP contribution is -2.35. The molecule has 0 unspecified atom stereocenters. The normalized spacial score (nSPS) is 20.4. The minimum Gasteiger partial charge on any atom is -0.380 e. The molecule has 0 atom stereocenters. The molecular weight excluding hydrogens is 198 g/mol. The molecule has 92 valence electrons. The van der Waals surface area contributed by atoms with E-state index in [-0.39, 0.29) is 0 Å². The maximum atomic E-state index is 5.57. The zero-order chi connectivity index (χ0) is 11.4. The minimum atomic E-state index is 0.810. The summed E-state index contributed by atoms with van der Waals surface area (Å²) < 4.78 is 5.57. The highest BCUT2D eigenvalue weighted by Gasteiger charge is 2.40. The van der Waals surface area contributed by atoms with E-state index in [0.717, 1.165) is 44.1 Å². The lowest BCUT2D eigenvalue weighted by molar-refractivity contribution is 0.135. The fourth-order valence-electron chi connectivity index (χ4n) is 2.28. The van der Waals surface area contributed by atoms with Crippen LogP contribution in [0.15, 0.2) is 12.2 Å². The van der Waals surface area contributed by atoms with Crippen molar-refractivity contribution in [3.8, 4) is 0 Å². The lowest BCUT2D eigenvalue weighted by atomic mass is 10.1. The monoisotopic (exact) mass is 223 g/mol. The van der Waals surface area contributed by atoms with Crippen LogP contribution < -0.4 is 5.32 Å². The maximum Gasteiger partial charge on any atom is 0.0591 e. The first-order valence-corrected chi connectivity index (χ1v) is 6.73. The summed E-state index contributed by atoms with van der Waals surface area (Å²) in [6.45, 7) is 8.62. The highest BCUT2D eigenvalue weighted by atomic mass is 16.5. The van der Waals surface area contributed by atoms with E-state index in [4.69, 9.17) is 4.74 Å². The van der Waals surface area contributed by atoms with Crippen LogP contribution in [0, 0.1) is 11.8 Å². The van der Waals surface area contributed by atoms with E-state index in [1.54, 1.807) is 0 Å². The Kier molecular flexibility index (Phi) is 4.42. The van der Waals surface area contributed by atoms with Gasteiger partial charge in [0, 0.05) is 12.6 Å². The van der Waals surface area contributed by atoms with Crippen molar-refractivity contribution in [1.82, 2.24) is 5.32 Å². The Morgan fingerprint density at radius 1 is 1.25 bits per heavy atom. The van der Waals surface area contributed by atoms with Gasteiger partial charge in [-0.2, -0.15) is 0 Å². The predicted molar refractivity (Wildman–Crippen MR) is 67.5 cm³/mol. The molecule has 0 saturated heterocycles. The van der Waals surface area contributed by atoms with Crippen molar-refractivity contribution < 1.29 is 4.74 Å². The van der Waals surface area contributed by atoms with Gasteiger partial charge in [0.1, 0.15) is 0 Å². The molecule has 0 amide bonds. The molecule has 16 heavy (non-hydrogen) atoms. The molecule has 0 aromatic carbocycles. The first-order valence-electron chi connectivity index (χ1n) is 6.73. The molecule has 2 saturated carbocycles. The first kappa shape index (κ1) is 12.1. The summed E-state index contributed by atoms with van der Waals surface area (Å²) in [5.41, 5.74) is 1.21. The summed E-state index contributed by atoms with van der Waals surface area (Å²) >= 11 is 0. The number of rotatable bonds is 9. The third kappa shape index (κ3) is 4.26. The number of ether oxygens (including phenoxy) is 1. The molecule has 2 aliphatic rings. The lowest BCUT2D eigenvalue weighted by Gasteiger charge is -2.17. The van der Waals surface area contributed by atoms with Gasteiger partial charge in [-0.1, -0.05) is 5.57 Å². The molecule has 0 aromatic rings. The minimum absolute atomic E-state index is 0.810. The van der Waals surface area contributed by atoms with Gasteiger partial charge in [-0.05, 0) is 50.9 Å². The van der Waals surface area contributed by atoms with E-state index in [1.807, 2.05) is 0 Å². The highest BCUT2D eigenvalue weighted by molar-refractivity contribution is 4.96. The Labute approximate surface area is 99.4 Å². The molecule has 0 spiro atoms. The number of hydrogen-bond donors (Lipinski definition) is 1. The molecule has 0 heterocycles. The van der Waals surface area contributed by atoms with E-state index in [2.05, 4.69) is 18.8 Å². The quantitative estimate of drug-likeness (QED) is 0.479. The van der Waals surface area contributed by atoms with Gasteiger partial charge >= 0.3 is 0 Å². The van der Waals surface area contributed by atoms with Crippen molar-refractivity contribution in [3.05, 3.63) is 12.2 Å². The Morgan fingerprint density at radius 3 is 2.38 bits per heavy atom. The second-order valence-corrected chi connectivity index (χ2v) is 5.47. The fraction of sp³-hybridized carbons (Fsp3) is 0.857. The largest absolute Gasteiger partial charge is 0.380 e. The number of hydrogen-bond acceptors (Lipinski definition) is 2. The summed E-state index contributed by atoms with van der Waals surface area (Å²) in [5.74, 6) is 1.98. The van der Waals surface area contributed by atoms with Gasteiger partial charge in [0.15, 0.2) is 0 Å². The van der Waals surface area contributed by atoms with Crippen LogP contribution in [0.1, 0.15) is 39.0 Å². The molecule has 2 nitrogen and oxygen atoms in total. The van der Waals surface area contributed by atoms with Crippen LogP contribution in [0.25, 0.3) is 0 Å². The molecule has 0 bridgehead atoms. The second kappa shape index (κ2) is 5.83. The van der Waals surface area contributed by atoms with Crippen LogP contribution in [0.2, 0.25) is 0 Å². The van der Waals surface area contributed by atoms with Crippen LogP contribution >= 0.6 is 0 Å². The van der Waals surface area contributed by atoms with Crippen molar-refractivity contribution in [2.75, 3.05) is 19.8 Å². The van der Waals surface area contributed by atoms with Crippen molar-refractivity contribution >= 4 is 0 Å². The second-order valence-electron chi connectivity index (χ2n) is 5.47. The van der Waals surface area contributed by atoms with E-state index in [9.17, 15) is 0 Å². The van der Waals surface area contributed by atoms with Crippen LogP contribution in [-0.4, -0.2) is 25.8 Å². The van der Waals surface area contributed by atoms with Crippen LogP contribution in [0.4, 0.5) is 0 Å². The van der Waals surface area contributed by atoms with Crippen molar-refractivity contribution in [2.24, 2.45) is 11.8 Å². The van der Waals surface area contributed by atoms with Gasteiger partial charge < -0.3 is 10.1 Å². The smallest absolute Gasteiger partial charge is 0.0591 e. The fourth-order valence-corrected chi connectivity index (χ4v) is 2.28. The molecular formula is C14H25NO. The molecule has 2 heteroatoms. The van der Waals surface area contributed by atoms with E-state index in [1.165, 1.54) is 31.3 Å². The SMILES string of the molecule is C=C(C)CCOCCNC(C1CC1)C1CC1. The Bertz CT molecular complexity index is 219. The van der Waals surface area contributed by atoms with Crippen LogP contribution in [0.5, 0.6) is 0 Å². The van der Waals surface area contributed by atoms with Gasteiger partial charge in [-0.25, -0.2) is 0 Å². The van der Waals surface area contributed by atoms with Crippen LogP contribution in [-0.2, 0) is 4.74 Å². The number of nitrogens with one attached hydrogen (secondary N) is 1. The summed E-state index contributed by atoms with van der Waals surface area (Å²) in [7, 11) is 0. The summed E-state index contributed by atoms with van der Waals surface area (Å²) in [5, 5.41) is 3.68. The first-order chi connectivity index (χ1) is 7.77. The topological polar surface area (TPSA) is 21.3 Å². The van der Waals surface area contributed by atoms with Gasteiger partial charge in [0.25, 0.3) is 0 Å². The highest BCUT2D eigenvalue weighted by Crippen LogP contribution is 2.44. The van der Waals surface area contributed by atoms with Gasteiger partial charge in [0.2, 0.25) is 0 Å². The predicted octanol–water partition coefficient (Wildman–Crippen LogP) is 2.75. The van der Waals surface area contributed by atoms with E-state index < -0.39 is 0 Å². The van der Waals surface area contributed by atoms with Crippen molar-refractivity contribution in [3.63, 3.8) is 0 Å². The third-order valence-electron chi connectivity index (χ3n) is 3.56. The van der Waals surface area contributed by atoms with Crippen molar-refractivity contribution in [2.45, 2.75) is 45.1 Å². The standard InChI is InChI=1S/C14H25NO/c1-11(2)7-9-16-10-8-15-14(12-3-4-12)13-5-6-13/h12-15H,1,3-10H2,2H3. The Balaban J connectivity index is 1.48. The summed E-state index contributed by atoms with van der Waals surface area (Å²) in [6.07, 6.45) is 6.79.